The molecule has 1 saturated heterocycles. The summed E-state index contributed by atoms with van der Waals surface area (Å²) in [7, 11) is 0. The highest BCUT2D eigenvalue weighted by molar-refractivity contribution is 5.53. The monoisotopic (exact) mass is 286 g/mol. The number of likely N-dealkylation sites (tertiary alicyclic amines) is 1. The summed E-state index contributed by atoms with van der Waals surface area (Å²) in [5.41, 5.74) is -0.421. The molecular formula is C15H21F3N2. The lowest BCUT2D eigenvalue weighted by Crippen LogP contribution is -2.38. The summed E-state index contributed by atoms with van der Waals surface area (Å²) in [6.07, 6.45) is -0.679. The summed E-state index contributed by atoms with van der Waals surface area (Å²) in [6.45, 7) is 4.81. The van der Waals surface area contributed by atoms with Gasteiger partial charge in [0.1, 0.15) is 0 Å². The topological polar surface area (TPSA) is 15.3 Å². The lowest BCUT2D eigenvalue weighted by Gasteiger charge is -2.30. The van der Waals surface area contributed by atoms with E-state index in [4.69, 9.17) is 0 Å². The fourth-order valence-electron chi connectivity index (χ4n) is 2.70. The SMILES string of the molecule is CC(CN1CCCCC1)Nc1ccccc1C(F)(F)F. The Morgan fingerprint density at radius 3 is 2.45 bits per heavy atom. The number of nitrogens with one attached hydrogen (secondary N) is 1. The van der Waals surface area contributed by atoms with Crippen LogP contribution < -0.4 is 5.32 Å². The lowest BCUT2D eigenvalue weighted by molar-refractivity contribution is -0.137. The molecule has 5 heteroatoms. The van der Waals surface area contributed by atoms with Crippen molar-refractivity contribution in [1.29, 1.82) is 0 Å². The van der Waals surface area contributed by atoms with Gasteiger partial charge in [-0.25, -0.2) is 0 Å². The first-order chi connectivity index (χ1) is 9.47. The first kappa shape index (κ1) is 15.2. The molecule has 20 heavy (non-hydrogen) atoms. The first-order valence-corrected chi connectivity index (χ1v) is 7.12. The molecule has 1 aromatic rings. The second kappa shape index (κ2) is 6.48. The van der Waals surface area contributed by atoms with E-state index in [9.17, 15) is 13.2 Å². The van der Waals surface area contributed by atoms with Crippen LogP contribution in [-0.2, 0) is 6.18 Å². The molecule has 0 amide bonds. The summed E-state index contributed by atoms with van der Waals surface area (Å²) in [5, 5.41) is 3.00. The quantitative estimate of drug-likeness (QED) is 0.900. The Morgan fingerprint density at radius 2 is 1.80 bits per heavy atom. The van der Waals surface area contributed by atoms with E-state index in [0.717, 1.165) is 25.7 Å². The van der Waals surface area contributed by atoms with Gasteiger partial charge in [-0.3, -0.25) is 0 Å². The van der Waals surface area contributed by atoms with Crippen LogP contribution in [0.2, 0.25) is 0 Å². The lowest BCUT2D eigenvalue weighted by atomic mass is 10.1. The zero-order chi connectivity index (χ0) is 14.6. The predicted octanol–water partition coefficient (Wildman–Crippen LogP) is 3.99. The van der Waals surface area contributed by atoms with Crippen molar-refractivity contribution in [2.24, 2.45) is 0 Å². The minimum Gasteiger partial charge on any atom is -0.381 e. The van der Waals surface area contributed by atoms with E-state index in [1.54, 1.807) is 6.07 Å². The molecule has 0 aromatic heterocycles. The fraction of sp³-hybridized carbons (Fsp3) is 0.600. The van der Waals surface area contributed by atoms with Gasteiger partial charge in [-0.15, -0.1) is 0 Å². The number of hydrogen-bond donors (Lipinski definition) is 1. The van der Waals surface area contributed by atoms with Crippen LogP contribution in [-0.4, -0.2) is 30.6 Å². The van der Waals surface area contributed by atoms with Gasteiger partial charge >= 0.3 is 6.18 Å². The number of nitrogens with zero attached hydrogens (tertiary/aromatic N) is 1. The number of alkyl halides is 3. The van der Waals surface area contributed by atoms with Gasteiger partial charge in [-0.2, -0.15) is 13.2 Å². The van der Waals surface area contributed by atoms with Crippen molar-refractivity contribution in [1.82, 2.24) is 4.90 Å². The maximum atomic E-state index is 12.9. The van der Waals surface area contributed by atoms with Crippen LogP contribution in [0.15, 0.2) is 24.3 Å². The minimum atomic E-state index is -4.31. The van der Waals surface area contributed by atoms with E-state index in [2.05, 4.69) is 10.2 Å². The standard InChI is InChI=1S/C15H21F3N2/c1-12(11-20-9-5-2-6-10-20)19-14-8-4-3-7-13(14)15(16,17)18/h3-4,7-8,12,19H,2,5-6,9-11H2,1H3. The molecule has 1 aliphatic rings. The number of anilines is 1. The first-order valence-electron chi connectivity index (χ1n) is 7.12. The molecule has 1 unspecified atom stereocenters. The second-order valence-electron chi connectivity index (χ2n) is 5.45. The number of piperidine rings is 1. The molecule has 0 radical (unpaired) electrons. The molecule has 112 valence electrons. The van der Waals surface area contributed by atoms with Crippen LogP contribution in [0, 0.1) is 0 Å². The smallest absolute Gasteiger partial charge is 0.381 e. The molecule has 1 fully saturated rings. The van der Waals surface area contributed by atoms with Gasteiger partial charge in [0, 0.05) is 18.3 Å². The Kier molecular flexibility index (Phi) is 4.91. The van der Waals surface area contributed by atoms with Crippen LogP contribution >= 0.6 is 0 Å². The molecule has 1 aromatic carbocycles. The van der Waals surface area contributed by atoms with Crippen molar-refractivity contribution >= 4 is 5.69 Å². The largest absolute Gasteiger partial charge is 0.418 e. The maximum Gasteiger partial charge on any atom is 0.418 e. The Hall–Kier alpha value is -1.23. The summed E-state index contributed by atoms with van der Waals surface area (Å²) >= 11 is 0. The van der Waals surface area contributed by atoms with E-state index in [1.807, 2.05) is 6.92 Å². The number of hydrogen-bond acceptors (Lipinski definition) is 2. The second-order valence-corrected chi connectivity index (χ2v) is 5.45. The van der Waals surface area contributed by atoms with Gasteiger partial charge in [0.15, 0.2) is 0 Å². The summed E-state index contributed by atoms with van der Waals surface area (Å²) in [6, 6.07) is 5.66. The molecule has 1 atom stereocenters. The highest BCUT2D eigenvalue weighted by atomic mass is 19.4. The summed E-state index contributed by atoms with van der Waals surface area (Å²) in [4.78, 5) is 2.32. The van der Waals surface area contributed by atoms with Gasteiger partial charge in [0.25, 0.3) is 0 Å². The third-order valence-corrected chi connectivity index (χ3v) is 3.62. The molecular weight excluding hydrogens is 265 g/mol. The van der Waals surface area contributed by atoms with Crippen molar-refractivity contribution in [3.8, 4) is 0 Å². The fourth-order valence-corrected chi connectivity index (χ4v) is 2.70. The van der Waals surface area contributed by atoms with Crippen molar-refractivity contribution in [3.05, 3.63) is 29.8 Å². The van der Waals surface area contributed by atoms with Gasteiger partial charge in [-0.05, 0) is 45.0 Å². The zero-order valence-corrected chi connectivity index (χ0v) is 11.7. The van der Waals surface area contributed by atoms with Crippen molar-refractivity contribution < 1.29 is 13.2 Å². The average molecular weight is 286 g/mol. The molecule has 0 aliphatic carbocycles. The highest BCUT2D eigenvalue weighted by Crippen LogP contribution is 2.34. The summed E-state index contributed by atoms with van der Waals surface area (Å²) in [5.74, 6) is 0. The summed E-state index contributed by atoms with van der Waals surface area (Å²) < 4.78 is 38.7. The zero-order valence-electron chi connectivity index (χ0n) is 11.7. The molecule has 1 aliphatic heterocycles. The van der Waals surface area contributed by atoms with Crippen molar-refractivity contribution in [2.75, 3.05) is 25.0 Å². The normalized spacial score (nSPS) is 18.8. The predicted molar refractivity (Wildman–Crippen MR) is 74.8 cm³/mol. The number of halogens is 3. The average Bonchev–Trinajstić information content (AvgIpc) is 2.39. The molecule has 2 rings (SSSR count). The number of rotatable bonds is 4. The van der Waals surface area contributed by atoms with E-state index >= 15 is 0 Å². The van der Waals surface area contributed by atoms with Gasteiger partial charge in [0.2, 0.25) is 0 Å². The number of benzene rings is 1. The Labute approximate surface area is 118 Å². The van der Waals surface area contributed by atoms with Crippen LogP contribution in [0.3, 0.4) is 0 Å². The molecule has 1 N–H and O–H groups in total. The van der Waals surface area contributed by atoms with Gasteiger partial charge in [-0.1, -0.05) is 18.6 Å². The number of para-hydroxylation sites is 1. The van der Waals surface area contributed by atoms with E-state index in [1.165, 1.54) is 31.4 Å². The Morgan fingerprint density at radius 1 is 1.15 bits per heavy atom. The van der Waals surface area contributed by atoms with Gasteiger partial charge < -0.3 is 10.2 Å². The van der Waals surface area contributed by atoms with Gasteiger partial charge in [0.05, 0.1) is 5.56 Å². The highest BCUT2D eigenvalue weighted by Gasteiger charge is 2.33. The molecule has 0 saturated carbocycles. The van der Waals surface area contributed by atoms with E-state index < -0.39 is 11.7 Å². The third kappa shape index (κ3) is 4.13. The van der Waals surface area contributed by atoms with Crippen LogP contribution in [0.1, 0.15) is 31.7 Å². The Bertz CT molecular complexity index is 425. The molecule has 0 spiro atoms. The van der Waals surface area contributed by atoms with Crippen molar-refractivity contribution in [2.45, 2.75) is 38.4 Å². The van der Waals surface area contributed by atoms with Crippen LogP contribution in [0.5, 0.6) is 0 Å². The molecule has 2 nitrogen and oxygen atoms in total. The van der Waals surface area contributed by atoms with Crippen LogP contribution in [0.4, 0.5) is 18.9 Å². The van der Waals surface area contributed by atoms with E-state index in [0.29, 0.717) is 0 Å². The molecule has 1 heterocycles. The minimum absolute atomic E-state index is 0.00315. The molecule has 0 bridgehead atoms. The van der Waals surface area contributed by atoms with E-state index in [-0.39, 0.29) is 11.7 Å². The van der Waals surface area contributed by atoms with Crippen molar-refractivity contribution in [3.63, 3.8) is 0 Å². The third-order valence-electron chi connectivity index (χ3n) is 3.62. The Balaban J connectivity index is 1.98. The maximum absolute atomic E-state index is 12.9. The van der Waals surface area contributed by atoms with Crippen LogP contribution in [0.25, 0.3) is 0 Å².